The Morgan fingerprint density at radius 1 is 1.36 bits per heavy atom. The molecule has 2 heterocycles. The first-order chi connectivity index (χ1) is 6.70. The molecule has 2 bridgehead atoms. The van der Waals surface area contributed by atoms with Crippen LogP contribution in [0.1, 0.15) is 32.6 Å². The summed E-state index contributed by atoms with van der Waals surface area (Å²) >= 11 is 0. The predicted molar refractivity (Wildman–Crippen MR) is 57.3 cm³/mol. The normalized spacial score (nSPS) is 40.1. The first kappa shape index (κ1) is 10.4. The first-order valence-corrected chi connectivity index (χ1v) is 5.79. The fourth-order valence-electron chi connectivity index (χ4n) is 3.00. The number of hydrogen-bond acceptors (Lipinski definition) is 3. The lowest BCUT2D eigenvalue weighted by Crippen LogP contribution is -2.49. The van der Waals surface area contributed by atoms with Crippen LogP contribution in [0.15, 0.2) is 0 Å². The van der Waals surface area contributed by atoms with E-state index in [0.717, 1.165) is 12.1 Å². The Bertz CT molecular complexity index is 184. The van der Waals surface area contributed by atoms with Gasteiger partial charge in [0.25, 0.3) is 0 Å². The average molecular weight is 198 g/mol. The Kier molecular flexibility index (Phi) is 3.10. The van der Waals surface area contributed by atoms with Gasteiger partial charge in [-0.1, -0.05) is 0 Å². The Morgan fingerprint density at radius 3 is 2.43 bits per heavy atom. The van der Waals surface area contributed by atoms with Gasteiger partial charge in [0.2, 0.25) is 0 Å². The van der Waals surface area contributed by atoms with Crippen molar-refractivity contribution in [1.29, 1.82) is 0 Å². The molecule has 2 saturated heterocycles. The molecule has 2 N–H and O–H groups in total. The van der Waals surface area contributed by atoms with Gasteiger partial charge in [0, 0.05) is 24.2 Å². The van der Waals surface area contributed by atoms with Crippen LogP contribution in [0.5, 0.6) is 0 Å². The van der Waals surface area contributed by atoms with E-state index in [1.54, 1.807) is 0 Å². The standard InChI is InChI=1S/C11H22N2O/c1-8(7-14)12-9-5-10-3-4-11(6-9)13(10)2/h8-12,14H,3-7H2,1-2H3. The Labute approximate surface area is 86.5 Å². The highest BCUT2D eigenvalue weighted by Crippen LogP contribution is 2.34. The molecule has 0 radical (unpaired) electrons. The maximum atomic E-state index is 8.99. The highest BCUT2D eigenvalue weighted by molar-refractivity contribution is 4.96. The molecule has 3 nitrogen and oxygen atoms in total. The van der Waals surface area contributed by atoms with Crippen LogP contribution in [-0.2, 0) is 0 Å². The van der Waals surface area contributed by atoms with Gasteiger partial charge in [0.15, 0.2) is 0 Å². The molecule has 82 valence electrons. The minimum atomic E-state index is 0.252. The molecule has 0 aromatic carbocycles. The summed E-state index contributed by atoms with van der Waals surface area (Å²) < 4.78 is 0. The zero-order valence-corrected chi connectivity index (χ0v) is 9.24. The molecule has 0 amide bonds. The van der Waals surface area contributed by atoms with Crippen molar-refractivity contribution in [2.45, 2.75) is 56.8 Å². The Hall–Kier alpha value is -0.120. The zero-order valence-electron chi connectivity index (χ0n) is 9.24. The smallest absolute Gasteiger partial charge is 0.0582 e. The molecule has 0 aromatic heterocycles. The molecule has 0 saturated carbocycles. The number of nitrogens with zero attached hydrogens (tertiary/aromatic N) is 1. The highest BCUT2D eigenvalue weighted by Gasteiger charge is 2.38. The third-order valence-corrected chi connectivity index (χ3v) is 3.89. The first-order valence-electron chi connectivity index (χ1n) is 5.79. The van der Waals surface area contributed by atoms with Crippen LogP contribution in [0.2, 0.25) is 0 Å². The SMILES string of the molecule is CC(CO)NC1CC2CCC(C1)N2C. The predicted octanol–water partition coefficient (Wildman–Crippen LogP) is 0.582. The number of aliphatic hydroxyl groups excluding tert-OH is 1. The molecular formula is C11H22N2O. The van der Waals surface area contributed by atoms with Gasteiger partial charge in [-0.3, -0.25) is 0 Å². The molecule has 14 heavy (non-hydrogen) atoms. The molecule has 3 atom stereocenters. The minimum Gasteiger partial charge on any atom is -0.395 e. The average Bonchev–Trinajstić information content (AvgIpc) is 2.42. The lowest BCUT2D eigenvalue weighted by molar-refractivity contribution is 0.135. The second kappa shape index (κ2) is 4.17. The van der Waals surface area contributed by atoms with Gasteiger partial charge in [-0.15, -0.1) is 0 Å². The van der Waals surface area contributed by atoms with E-state index in [2.05, 4.69) is 24.2 Å². The number of piperidine rings is 1. The van der Waals surface area contributed by atoms with E-state index in [1.165, 1.54) is 25.7 Å². The van der Waals surface area contributed by atoms with Gasteiger partial charge in [0.05, 0.1) is 6.61 Å². The summed E-state index contributed by atoms with van der Waals surface area (Å²) in [5.41, 5.74) is 0. The van der Waals surface area contributed by atoms with Crippen LogP contribution in [-0.4, -0.2) is 47.8 Å². The van der Waals surface area contributed by atoms with Crippen LogP contribution >= 0.6 is 0 Å². The van der Waals surface area contributed by atoms with Gasteiger partial charge >= 0.3 is 0 Å². The largest absolute Gasteiger partial charge is 0.395 e. The number of fused-ring (bicyclic) bond motifs is 2. The van der Waals surface area contributed by atoms with Gasteiger partial charge < -0.3 is 15.3 Å². The van der Waals surface area contributed by atoms with E-state index in [-0.39, 0.29) is 12.6 Å². The summed E-state index contributed by atoms with van der Waals surface area (Å²) in [6.07, 6.45) is 5.26. The van der Waals surface area contributed by atoms with E-state index >= 15 is 0 Å². The van der Waals surface area contributed by atoms with Crippen molar-refractivity contribution in [3.8, 4) is 0 Å². The van der Waals surface area contributed by atoms with Crippen molar-refractivity contribution in [2.24, 2.45) is 0 Å². The van der Waals surface area contributed by atoms with Gasteiger partial charge in [-0.25, -0.2) is 0 Å². The molecular weight excluding hydrogens is 176 g/mol. The van der Waals surface area contributed by atoms with E-state index in [9.17, 15) is 0 Å². The third-order valence-electron chi connectivity index (χ3n) is 3.89. The summed E-state index contributed by atoms with van der Waals surface area (Å²) in [5, 5.41) is 12.5. The molecule has 2 rings (SSSR count). The van der Waals surface area contributed by atoms with Crippen molar-refractivity contribution >= 4 is 0 Å². The summed E-state index contributed by atoms with van der Waals surface area (Å²) in [7, 11) is 2.26. The number of nitrogens with one attached hydrogen (secondary N) is 1. The van der Waals surface area contributed by atoms with E-state index in [0.29, 0.717) is 6.04 Å². The molecule has 3 unspecified atom stereocenters. The Morgan fingerprint density at radius 2 is 1.93 bits per heavy atom. The molecule has 0 aliphatic carbocycles. The number of rotatable bonds is 3. The molecule has 2 aliphatic heterocycles. The molecule has 2 fully saturated rings. The van der Waals surface area contributed by atoms with E-state index in [1.807, 2.05) is 0 Å². The topological polar surface area (TPSA) is 35.5 Å². The van der Waals surface area contributed by atoms with Gasteiger partial charge in [0.1, 0.15) is 0 Å². The van der Waals surface area contributed by atoms with Crippen molar-refractivity contribution in [2.75, 3.05) is 13.7 Å². The minimum absolute atomic E-state index is 0.252. The maximum Gasteiger partial charge on any atom is 0.0582 e. The van der Waals surface area contributed by atoms with E-state index < -0.39 is 0 Å². The second-order valence-electron chi connectivity index (χ2n) is 4.97. The number of hydrogen-bond donors (Lipinski definition) is 2. The summed E-state index contributed by atoms with van der Waals surface area (Å²) in [5.74, 6) is 0. The highest BCUT2D eigenvalue weighted by atomic mass is 16.3. The monoisotopic (exact) mass is 198 g/mol. The van der Waals surface area contributed by atoms with Crippen LogP contribution in [0, 0.1) is 0 Å². The fraction of sp³-hybridized carbons (Fsp3) is 1.00. The molecule has 0 aromatic rings. The number of aliphatic hydroxyl groups is 1. The quantitative estimate of drug-likeness (QED) is 0.696. The summed E-state index contributed by atoms with van der Waals surface area (Å²) in [6, 6.07) is 2.46. The Balaban J connectivity index is 1.87. The van der Waals surface area contributed by atoms with Crippen LogP contribution in [0.3, 0.4) is 0 Å². The lowest BCUT2D eigenvalue weighted by atomic mass is 9.97. The molecule has 3 heteroatoms. The zero-order chi connectivity index (χ0) is 10.1. The lowest BCUT2D eigenvalue weighted by Gasteiger charge is -2.37. The van der Waals surface area contributed by atoms with Crippen LogP contribution in [0.4, 0.5) is 0 Å². The van der Waals surface area contributed by atoms with Crippen molar-refractivity contribution in [3.63, 3.8) is 0 Å². The van der Waals surface area contributed by atoms with Gasteiger partial charge in [-0.05, 0) is 39.7 Å². The van der Waals surface area contributed by atoms with Crippen LogP contribution in [0.25, 0.3) is 0 Å². The second-order valence-corrected chi connectivity index (χ2v) is 4.97. The maximum absolute atomic E-state index is 8.99. The third kappa shape index (κ3) is 1.95. The van der Waals surface area contributed by atoms with Crippen molar-refractivity contribution in [1.82, 2.24) is 10.2 Å². The molecule has 2 aliphatic rings. The van der Waals surface area contributed by atoms with E-state index in [4.69, 9.17) is 5.11 Å². The van der Waals surface area contributed by atoms with Crippen LogP contribution < -0.4 is 5.32 Å². The van der Waals surface area contributed by atoms with Crippen molar-refractivity contribution < 1.29 is 5.11 Å². The van der Waals surface area contributed by atoms with Gasteiger partial charge in [-0.2, -0.15) is 0 Å². The molecule has 0 spiro atoms. The fourth-order valence-corrected chi connectivity index (χ4v) is 3.00. The summed E-state index contributed by atoms with van der Waals surface area (Å²) in [4.78, 5) is 2.54. The summed E-state index contributed by atoms with van der Waals surface area (Å²) in [6.45, 7) is 2.31. The van der Waals surface area contributed by atoms with Crippen molar-refractivity contribution in [3.05, 3.63) is 0 Å².